The zero-order chi connectivity index (χ0) is 22.3. The van der Waals surface area contributed by atoms with Crippen molar-refractivity contribution in [1.82, 2.24) is 0 Å². The van der Waals surface area contributed by atoms with Crippen LogP contribution in [0.15, 0.2) is 97.1 Å². The predicted octanol–water partition coefficient (Wildman–Crippen LogP) is 5.67. The average molecular weight is 456 g/mol. The monoisotopic (exact) mass is 456 g/mol. The van der Waals surface area contributed by atoms with Gasteiger partial charge < -0.3 is 9.30 Å². The van der Waals surface area contributed by atoms with Crippen LogP contribution in [0.3, 0.4) is 0 Å². The first-order chi connectivity index (χ1) is 15.5. The lowest BCUT2D eigenvalue weighted by Crippen LogP contribution is -2.32. The minimum atomic E-state index is -3.23. The van der Waals surface area contributed by atoms with Crippen LogP contribution in [0.4, 0.5) is 0 Å². The zero-order valence-corrected chi connectivity index (χ0v) is 19.6. The molecule has 0 unspecified atom stereocenters. The number of benzene rings is 4. The van der Waals surface area contributed by atoms with Crippen molar-refractivity contribution in [2.24, 2.45) is 0 Å². The number of hydrogen-bond acceptors (Lipinski definition) is 3. The van der Waals surface area contributed by atoms with E-state index in [1.54, 1.807) is 6.07 Å². The highest BCUT2D eigenvalue weighted by Gasteiger charge is 2.41. The molecule has 0 bridgehead atoms. The van der Waals surface area contributed by atoms with Crippen LogP contribution in [0.2, 0.25) is 0 Å². The molecule has 1 aliphatic heterocycles. The molecule has 4 aromatic rings. The standard InChI is InChI=1S/C27H22O3P2/c1-27(2)21-15-9-17-23(31-28)25(21)30-26-22(27)16-10-18-24(26)32(29,19-11-5-3-6-12-19)20-13-7-4-8-14-20/h3-18H,1-2H3. The number of rotatable bonds is 4. The van der Waals surface area contributed by atoms with Gasteiger partial charge in [-0.15, -0.1) is 0 Å². The SMILES string of the molecule is CC1(C)c2cccc(P=O)c2Oc2c1cccc2P(=O)(c1ccccc1)c1ccccc1. The fourth-order valence-corrected chi connectivity index (χ4v) is 7.70. The van der Waals surface area contributed by atoms with Crippen molar-refractivity contribution in [2.75, 3.05) is 0 Å². The fraction of sp³-hybridized carbons (Fsp3) is 0.111. The minimum Gasteiger partial charge on any atom is -0.455 e. The second-order valence-electron chi connectivity index (χ2n) is 8.41. The van der Waals surface area contributed by atoms with Crippen LogP contribution in [0.25, 0.3) is 0 Å². The lowest BCUT2D eigenvalue weighted by Gasteiger charge is -2.37. The molecule has 3 nitrogen and oxygen atoms in total. The van der Waals surface area contributed by atoms with Gasteiger partial charge in [0, 0.05) is 27.2 Å². The molecule has 1 aliphatic rings. The van der Waals surface area contributed by atoms with E-state index in [1.807, 2.05) is 91.0 Å². The molecule has 5 rings (SSSR count). The Balaban J connectivity index is 1.83. The highest BCUT2D eigenvalue weighted by atomic mass is 31.2. The van der Waals surface area contributed by atoms with Gasteiger partial charge >= 0.3 is 0 Å². The molecule has 32 heavy (non-hydrogen) atoms. The van der Waals surface area contributed by atoms with Gasteiger partial charge in [-0.25, -0.2) is 0 Å². The molecule has 0 N–H and O–H groups in total. The zero-order valence-electron chi connectivity index (χ0n) is 17.9. The summed E-state index contributed by atoms with van der Waals surface area (Å²) in [6.45, 7) is 4.25. The first-order valence-corrected chi connectivity index (χ1v) is 13.0. The van der Waals surface area contributed by atoms with Crippen LogP contribution in [0.5, 0.6) is 11.5 Å². The molecule has 0 amide bonds. The van der Waals surface area contributed by atoms with Crippen LogP contribution in [0, 0.1) is 0 Å². The Morgan fingerprint density at radius 2 is 1.22 bits per heavy atom. The van der Waals surface area contributed by atoms with Gasteiger partial charge in [0.15, 0.2) is 15.6 Å². The minimum absolute atomic E-state index is 0.106. The molecule has 0 atom stereocenters. The molecule has 0 aliphatic carbocycles. The van der Waals surface area contributed by atoms with Gasteiger partial charge in [-0.2, -0.15) is 0 Å². The Morgan fingerprint density at radius 3 is 1.78 bits per heavy atom. The molecule has 5 heteroatoms. The molecule has 0 spiro atoms. The highest BCUT2D eigenvalue weighted by molar-refractivity contribution is 7.85. The van der Waals surface area contributed by atoms with Gasteiger partial charge in [0.25, 0.3) is 0 Å². The van der Waals surface area contributed by atoms with Gasteiger partial charge in [-0.05, 0) is 12.1 Å². The lowest BCUT2D eigenvalue weighted by molar-refractivity contribution is 0.424. The topological polar surface area (TPSA) is 43.4 Å². The van der Waals surface area contributed by atoms with Crippen molar-refractivity contribution < 1.29 is 13.9 Å². The number of hydrogen-bond donors (Lipinski definition) is 0. The maximum atomic E-state index is 15.0. The third kappa shape index (κ3) is 3.08. The second-order valence-corrected chi connectivity index (χ2v) is 11.8. The number of fused-ring (bicyclic) bond motifs is 2. The van der Waals surface area contributed by atoms with E-state index in [0.29, 0.717) is 22.1 Å². The maximum absolute atomic E-state index is 15.0. The third-order valence-corrected chi connectivity index (χ3v) is 9.85. The van der Waals surface area contributed by atoms with Crippen molar-refractivity contribution >= 4 is 36.8 Å². The van der Waals surface area contributed by atoms with Gasteiger partial charge in [0.05, 0.1) is 10.6 Å². The Labute approximate surface area is 189 Å². The van der Waals surface area contributed by atoms with Crippen molar-refractivity contribution in [1.29, 1.82) is 0 Å². The first-order valence-electron chi connectivity index (χ1n) is 10.5. The first kappa shape index (κ1) is 20.9. The third-order valence-electron chi connectivity index (χ3n) is 6.22. The molecular weight excluding hydrogens is 434 g/mol. The summed E-state index contributed by atoms with van der Waals surface area (Å²) in [6.07, 6.45) is 0. The van der Waals surface area contributed by atoms with Crippen LogP contribution < -0.4 is 26.0 Å². The van der Waals surface area contributed by atoms with E-state index >= 15 is 4.57 Å². The smallest absolute Gasteiger partial charge is 0.196 e. The molecule has 1 heterocycles. The van der Waals surface area contributed by atoms with Gasteiger partial charge in [-0.3, -0.25) is 4.57 Å². The molecule has 0 saturated carbocycles. The summed E-state index contributed by atoms with van der Waals surface area (Å²) >= 11 is 0. The maximum Gasteiger partial charge on any atom is 0.196 e. The summed E-state index contributed by atoms with van der Waals surface area (Å²) in [5, 5.41) is 2.75. The Morgan fingerprint density at radius 1 is 0.688 bits per heavy atom. The van der Waals surface area contributed by atoms with Gasteiger partial charge in [0.1, 0.15) is 11.5 Å². The molecule has 158 valence electrons. The number of para-hydroxylation sites is 2. The van der Waals surface area contributed by atoms with E-state index in [0.717, 1.165) is 21.7 Å². The summed E-state index contributed by atoms with van der Waals surface area (Å²) in [6, 6.07) is 30.7. The van der Waals surface area contributed by atoms with E-state index < -0.39 is 12.6 Å². The van der Waals surface area contributed by atoms with Crippen LogP contribution >= 0.6 is 15.6 Å². The second kappa shape index (κ2) is 7.85. The Bertz CT molecular complexity index is 1320. The molecule has 0 radical (unpaired) electrons. The van der Waals surface area contributed by atoms with Crippen LogP contribution in [0.1, 0.15) is 25.0 Å². The predicted molar refractivity (Wildman–Crippen MR) is 132 cm³/mol. The normalized spacial score (nSPS) is 14.3. The molecule has 4 aromatic carbocycles. The fourth-order valence-electron chi connectivity index (χ4n) is 4.52. The van der Waals surface area contributed by atoms with E-state index in [1.165, 1.54) is 0 Å². The lowest BCUT2D eigenvalue weighted by atomic mass is 9.76. The van der Waals surface area contributed by atoms with Crippen molar-refractivity contribution in [2.45, 2.75) is 19.3 Å². The van der Waals surface area contributed by atoms with E-state index in [2.05, 4.69) is 13.8 Å². The molecular formula is C27H22O3P2. The van der Waals surface area contributed by atoms with Crippen LogP contribution in [-0.4, -0.2) is 0 Å². The average Bonchev–Trinajstić information content (AvgIpc) is 2.84. The number of ether oxygens (including phenoxy) is 1. The highest BCUT2D eigenvalue weighted by Crippen LogP contribution is 2.52. The van der Waals surface area contributed by atoms with Crippen LogP contribution in [-0.2, 0) is 14.5 Å². The van der Waals surface area contributed by atoms with E-state index in [4.69, 9.17) is 4.74 Å². The Hall–Kier alpha value is -2.99. The summed E-state index contributed by atoms with van der Waals surface area (Å²) in [5.74, 6) is 1.18. The summed E-state index contributed by atoms with van der Waals surface area (Å²) < 4.78 is 33.4. The van der Waals surface area contributed by atoms with Crippen molar-refractivity contribution in [3.63, 3.8) is 0 Å². The van der Waals surface area contributed by atoms with Gasteiger partial charge in [0.2, 0.25) is 0 Å². The molecule has 0 fully saturated rings. The summed E-state index contributed by atoms with van der Waals surface area (Å²) in [4.78, 5) is 0. The Kier molecular flexibility index (Phi) is 5.13. The molecule has 0 aromatic heterocycles. The largest absolute Gasteiger partial charge is 0.455 e. The molecule has 0 saturated heterocycles. The van der Waals surface area contributed by atoms with Crippen molar-refractivity contribution in [3.05, 3.63) is 108 Å². The summed E-state index contributed by atoms with van der Waals surface area (Å²) in [7, 11) is -3.34. The van der Waals surface area contributed by atoms with Crippen molar-refractivity contribution in [3.8, 4) is 11.5 Å². The van der Waals surface area contributed by atoms with E-state index in [-0.39, 0.29) is 8.46 Å². The van der Waals surface area contributed by atoms with E-state index in [9.17, 15) is 4.57 Å². The summed E-state index contributed by atoms with van der Waals surface area (Å²) in [5.41, 5.74) is 1.53. The quantitative estimate of drug-likeness (QED) is 0.372. The van der Waals surface area contributed by atoms with Gasteiger partial charge in [-0.1, -0.05) is 98.8 Å².